The summed E-state index contributed by atoms with van der Waals surface area (Å²) in [6, 6.07) is 6.40. The van der Waals surface area contributed by atoms with Gasteiger partial charge in [-0.3, -0.25) is 0 Å². The number of rotatable bonds is 10. The zero-order valence-corrected chi connectivity index (χ0v) is 20.7. The lowest BCUT2D eigenvalue weighted by atomic mass is 9.77. The molecule has 0 spiro atoms. The van der Waals surface area contributed by atoms with E-state index in [2.05, 4.69) is 16.0 Å². The van der Waals surface area contributed by atoms with Crippen LogP contribution in [0.1, 0.15) is 24.0 Å². The molecule has 3 atom stereocenters. The van der Waals surface area contributed by atoms with Crippen molar-refractivity contribution < 1.29 is 33.0 Å². The quantitative estimate of drug-likeness (QED) is 0.373. The molecule has 1 aromatic rings. The number of alkyl halides is 5. The predicted octanol–water partition coefficient (Wildman–Crippen LogP) is 0.953. The fourth-order valence-electron chi connectivity index (χ4n) is 4.58. The van der Waals surface area contributed by atoms with Crippen molar-refractivity contribution in [2.45, 2.75) is 42.5 Å². The molecule has 3 rings (SSSR count). The van der Waals surface area contributed by atoms with Gasteiger partial charge in [-0.2, -0.15) is 13.2 Å². The first-order valence-electron chi connectivity index (χ1n) is 11.4. The number of allylic oxidation sites excluding steroid dienone is 1. The lowest BCUT2D eigenvalue weighted by molar-refractivity contribution is -0.322. The molecule has 1 heterocycles. The molecule has 1 aliphatic carbocycles. The van der Waals surface area contributed by atoms with Crippen molar-refractivity contribution in [3.63, 3.8) is 0 Å². The van der Waals surface area contributed by atoms with E-state index in [9.17, 15) is 33.0 Å². The highest BCUT2D eigenvalue weighted by atomic mass is 35.5. The molecule has 0 amide bonds. The Morgan fingerprint density at radius 1 is 1.14 bits per heavy atom. The third kappa shape index (κ3) is 7.69. The molecule has 12 heteroatoms. The van der Waals surface area contributed by atoms with Crippen molar-refractivity contribution in [2.75, 3.05) is 19.6 Å². The van der Waals surface area contributed by atoms with E-state index >= 15 is 0 Å². The Hall–Kier alpha value is -2.11. The maximum atomic E-state index is 12.3. The van der Waals surface area contributed by atoms with E-state index < -0.39 is 53.3 Å². The maximum absolute atomic E-state index is 12.3. The van der Waals surface area contributed by atoms with Gasteiger partial charge in [0.2, 0.25) is 0 Å². The summed E-state index contributed by atoms with van der Waals surface area (Å²) in [4.78, 5) is 23.0. The highest BCUT2D eigenvalue weighted by molar-refractivity contribution is 6.50. The molecule has 0 fully saturated rings. The fourth-order valence-corrected chi connectivity index (χ4v) is 5.12. The zero-order valence-electron chi connectivity index (χ0n) is 19.2. The molecule has 1 aliphatic heterocycles. The van der Waals surface area contributed by atoms with Gasteiger partial charge in [0.15, 0.2) is 4.33 Å². The second kappa shape index (κ2) is 12.0. The molecule has 0 bridgehead atoms. The molecular weight excluding hydrogens is 522 g/mol. The van der Waals surface area contributed by atoms with E-state index in [4.69, 9.17) is 23.2 Å². The summed E-state index contributed by atoms with van der Waals surface area (Å²) in [5.74, 6) is -4.94. The van der Waals surface area contributed by atoms with Crippen molar-refractivity contribution in [2.24, 2.45) is 11.8 Å². The summed E-state index contributed by atoms with van der Waals surface area (Å²) >= 11 is 13.2. The molecule has 198 valence electrons. The van der Waals surface area contributed by atoms with Crippen molar-refractivity contribution in [1.82, 2.24) is 16.0 Å². The maximum Gasteiger partial charge on any atom is 0.401 e. The van der Waals surface area contributed by atoms with E-state index in [0.29, 0.717) is 30.6 Å². The van der Waals surface area contributed by atoms with Crippen molar-refractivity contribution in [3.8, 4) is 0 Å². The summed E-state index contributed by atoms with van der Waals surface area (Å²) in [6.07, 6.45) is -1.26. The van der Waals surface area contributed by atoms with Crippen LogP contribution >= 0.6 is 23.2 Å². The van der Waals surface area contributed by atoms with Crippen LogP contribution in [0.3, 0.4) is 0 Å². The van der Waals surface area contributed by atoms with E-state index in [1.807, 2.05) is 0 Å². The summed E-state index contributed by atoms with van der Waals surface area (Å²) in [7, 11) is 0. The van der Waals surface area contributed by atoms with Crippen LogP contribution in [0.25, 0.3) is 0 Å². The first kappa shape index (κ1) is 28.5. The lowest BCUT2D eigenvalue weighted by Gasteiger charge is -2.38. The smallest absolute Gasteiger partial charge is 0.401 e. The molecule has 0 saturated carbocycles. The van der Waals surface area contributed by atoms with E-state index in [-0.39, 0.29) is 13.1 Å². The second-order valence-corrected chi connectivity index (χ2v) is 10.3. The number of halogens is 5. The van der Waals surface area contributed by atoms with Crippen LogP contribution in [-0.2, 0) is 22.7 Å². The molecular formula is C24H26Cl2F3N3O4-2. The van der Waals surface area contributed by atoms with Gasteiger partial charge in [-0.1, -0.05) is 53.5 Å². The van der Waals surface area contributed by atoms with Crippen molar-refractivity contribution in [3.05, 3.63) is 58.7 Å². The molecule has 0 saturated heterocycles. The number of carboxylic acid groups (broad SMARTS) is 2. The molecule has 2 aliphatic rings. The first-order valence-corrected chi connectivity index (χ1v) is 12.1. The Bertz CT molecular complexity index is 1010. The Labute approximate surface area is 216 Å². The number of hydrogen-bond acceptors (Lipinski definition) is 7. The van der Waals surface area contributed by atoms with E-state index in [0.717, 1.165) is 11.1 Å². The fraction of sp³-hybridized carbons (Fsp3) is 0.500. The third-order valence-electron chi connectivity index (χ3n) is 6.29. The minimum atomic E-state index is -4.28. The van der Waals surface area contributed by atoms with Crippen molar-refractivity contribution in [1.29, 1.82) is 0 Å². The summed E-state index contributed by atoms with van der Waals surface area (Å²) < 4.78 is 35.6. The SMILES string of the molecule is O=C([O-])CC(C(=O)[O-])C1CNCCC2=C1C=CC(Cl)(Cl)C2NCc1ccc(CNCC(F)(F)F)cc1. The Morgan fingerprint density at radius 3 is 2.36 bits per heavy atom. The minimum Gasteiger partial charge on any atom is -0.550 e. The average Bonchev–Trinajstić information content (AvgIpc) is 2.98. The third-order valence-corrected chi connectivity index (χ3v) is 6.98. The van der Waals surface area contributed by atoms with Gasteiger partial charge in [-0.15, -0.1) is 0 Å². The van der Waals surface area contributed by atoms with Gasteiger partial charge in [0, 0.05) is 43.4 Å². The molecule has 7 nitrogen and oxygen atoms in total. The molecule has 0 radical (unpaired) electrons. The van der Waals surface area contributed by atoms with Crippen LogP contribution in [0, 0.1) is 11.8 Å². The van der Waals surface area contributed by atoms with Crippen LogP contribution in [0.2, 0.25) is 0 Å². The highest BCUT2D eigenvalue weighted by Crippen LogP contribution is 2.42. The van der Waals surface area contributed by atoms with E-state index in [1.54, 1.807) is 36.4 Å². The van der Waals surface area contributed by atoms with Gasteiger partial charge in [0.05, 0.1) is 12.6 Å². The molecule has 36 heavy (non-hydrogen) atoms. The van der Waals surface area contributed by atoms with Crippen LogP contribution in [0.4, 0.5) is 13.2 Å². The number of benzene rings is 1. The van der Waals surface area contributed by atoms with Crippen molar-refractivity contribution >= 4 is 35.1 Å². The Morgan fingerprint density at radius 2 is 1.78 bits per heavy atom. The molecule has 0 aromatic heterocycles. The highest BCUT2D eigenvalue weighted by Gasteiger charge is 2.41. The van der Waals surface area contributed by atoms with Crippen LogP contribution < -0.4 is 26.2 Å². The number of nitrogens with one attached hydrogen (secondary N) is 3. The van der Waals surface area contributed by atoms with Crippen LogP contribution in [0.15, 0.2) is 47.6 Å². The number of aliphatic carboxylic acids is 2. The summed E-state index contributed by atoms with van der Waals surface area (Å²) in [5.41, 5.74) is 2.95. The second-order valence-electron chi connectivity index (χ2n) is 8.90. The number of hydrogen-bond donors (Lipinski definition) is 3. The van der Waals surface area contributed by atoms with Gasteiger partial charge < -0.3 is 35.8 Å². The lowest BCUT2D eigenvalue weighted by Crippen LogP contribution is -2.47. The Balaban J connectivity index is 1.76. The van der Waals surface area contributed by atoms with Gasteiger partial charge in [0.1, 0.15) is 0 Å². The van der Waals surface area contributed by atoms with Gasteiger partial charge >= 0.3 is 6.18 Å². The zero-order chi connectivity index (χ0) is 26.5. The van der Waals surface area contributed by atoms with Gasteiger partial charge in [-0.25, -0.2) is 0 Å². The van der Waals surface area contributed by atoms with Gasteiger partial charge in [0.25, 0.3) is 0 Å². The first-order chi connectivity index (χ1) is 16.9. The summed E-state index contributed by atoms with van der Waals surface area (Å²) in [6.45, 7) is 0.0737. The van der Waals surface area contributed by atoms with Crippen LogP contribution in [-0.4, -0.2) is 48.1 Å². The average molecular weight is 548 g/mol. The number of carbonyl (C=O) groups is 2. The topological polar surface area (TPSA) is 116 Å². The normalized spacial score (nSPS) is 22.6. The predicted molar refractivity (Wildman–Crippen MR) is 125 cm³/mol. The molecule has 1 aromatic carbocycles. The summed E-state index contributed by atoms with van der Waals surface area (Å²) in [5, 5.41) is 31.8. The molecule has 3 unspecified atom stereocenters. The Kier molecular flexibility index (Phi) is 9.45. The monoisotopic (exact) mass is 547 g/mol. The minimum absolute atomic E-state index is 0.0726. The number of carbonyl (C=O) groups excluding carboxylic acids is 2. The van der Waals surface area contributed by atoms with Gasteiger partial charge in [-0.05, 0) is 47.7 Å². The largest absolute Gasteiger partial charge is 0.550 e. The van der Waals surface area contributed by atoms with E-state index in [1.165, 1.54) is 0 Å². The standard InChI is InChI=1S/C24H28Cl2F3N3O4/c25-23(26)7-5-16-17(6-8-30-12-19(16)18(22(35)36)9-20(33)34)21(23)32-11-15-3-1-14(2-4-15)10-31-13-24(27,28)29/h1-5,7,18-19,21,30-32H,6,8-13H2,(H,33,34)(H,35,36)/p-2. The number of carboxylic acids is 2. The molecule has 3 N–H and O–H groups in total. The van der Waals surface area contributed by atoms with Crippen LogP contribution in [0.5, 0.6) is 0 Å².